The third kappa shape index (κ3) is 8.41. The molecular weight excluding hydrogens is 812 g/mol. The number of aliphatic hydroxyl groups excluding tert-OH is 2. The number of carboxylic acid groups (broad SMARTS) is 2. The zero-order chi connectivity index (χ0) is 41.0. The van der Waals surface area contributed by atoms with Crippen LogP contribution in [0.15, 0.2) is 24.3 Å². The second-order valence-corrected chi connectivity index (χ2v) is 16.8. The van der Waals surface area contributed by atoms with Crippen LogP contribution >= 0.6 is 0 Å². The Bertz CT molecular complexity index is 1930. The third-order valence-electron chi connectivity index (χ3n) is 12.6. The first-order valence-corrected chi connectivity index (χ1v) is 19.6. The zero-order valence-corrected chi connectivity index (χ0v) is 37.0. The molecule has 2 saturated carbocycles. The van der Waals surface area contributed by atoms with Crippen molar-refractivity contribution in [1.82, 2.24) is 20.4 Å². The molecule has 4 saturated heterocycles. The predicted octanol–water partition coefficient (Wildman–Crippen LogP) is -8.25. The number of carbonyl (C=O) groups is 4. The molecule has 8 aliphatic rings. The fraction of sp³-hybridized carbons (Fsp3) is 0.556. The molecule has 2 aliphatic carbocycles. The minimum absolute atomic E-state index is 0. The van der Waals surface area contributed by atoms with Crippen LogP contribution in [0.3, 0.4) is 0 Å². The van der Waals surface area contributed by atoms with Crippen molar-refractivity contribution in [3.63, 3.8) is 0 Å². The number of amides is 2. The molecule has 0 spiro atoms. The fourth-order valence-electron chi connectivity index (χ4n) is 9.22. The Morgan fingerprint density at radius 3 is 1.30 bits per heavy atom. The number of benzene rings is 2. The largest absolute Gasteiger partial charge is 1.00 e. The summed E-state index contributed by atoms with van der Waals surface area (Å²) in [5.41, 5.74) is 0.841. The summed E-state index contributed by atoms with van der Waals surface area (Å²) in [6.07, 6.45) is 0.0355. The van der Waals surface area contributed by atoms with Crippen molar-refractivity contribution in [2.45, 2.75) is 85.7 Å². The minimum Gasteiger partial charge on any atom is -0.669 e. The number of rotatable bonds is 8. The molecule has 0 bridgehead atoms. The van der Waals surface area contributed by atoms with Crippen molar-refractivity contribution >= 4 is 37.3 Å². The van der Waals surface area contributed by atoms with Gasteiger partial charge in [-0.3, -0.25) is 9.59 Å². The molecule has 10 N–H and O–H groups in total. The molecule has 24 heteroatoms. The first-order valence-electron chi connectivity index (χ1n) is 19.6. The number of nitrogens with zero attached hydrogens (tertiary/aromatic N) is 2. The molecule has 10 rings (SSSR count). The number of aliphatic hydroxyl groups is 2. The van der Waals surface area contributed by atoms with Gasteiger partial charge in [-0.05, 0) is 47.9 Å². The van der Waals surface area contributed by atoms with Crippen LogP contribution in [0.25, 0.3) is 0 Å². The minimum atomic E-state index is -3.09. The molecule has 0 unspecified atom stereocenters. The predicted molar refractivity (Wildman–Crippen MR) is 197 cm³/mol. The van der Waals surface area contributed by atoms with Gasteiger partial charge < -0.3 is 79.7 Å². The number of carboxylic acids is 2. The van der Waals surface area contributed by atoms with Gasteiger partial charge in [0.2, 0.25) is 11.8 Å². The van der Waals surface area contributed by atoms with Crippen LogP contribution in [0.2, 0.25) is 11.6 Å². The van der Waals surface area contributed by atoms with Gasteiger partial charge in [-0.25, -0.2) is 9.59 Å². The Morgan fingerprint density at radius 2 is 0.983 bits per heavy atom. The molecule has 2 aromatic carbocycles. The van der Waals surface area contributed by atoms with E-state index in [1.807, 2.05) is 0 Å². The number of fused-ring (bicyclic) bond motifs is 6. The summed E-state index contributed by atoms with van der Waals surface area (Å²) in [5.74, 6) is -3.75. The van der Waals surface area contributed by atoms with E-state index >= 15 is 0 Å². The molecular formula is C36H44B2N4Na2O16. The standard InChI is InChI=1S/2C18H22BN2O8.2Na/c2*22-8-3-13(20-5-8)17(23)21-6-9(7-21)28-14-2-1-10-11-4-12(11)19(26,27)29-16(10)15(14)18(24)25;;/h2*1-2,8-9,11-13,20,22,26-27H,3-7H2,(H,24,25);;/q2*-1;2*+1/t2*8-,11+,12+,13+;;/m11../s1. The summed E-state index contributed by atoms with van der Waals surface area (Å²) < 4.78 is 22.2. The summed E-state index contributed by atoms with van der Waals surface area (Å²) >= 11 is 0. The van der Waals surface area contributed by atoms with Gasteiger partial charge in [-0.15, -0.1) is 0 Å². The number of likely N-dealkylation sites (tertiary alicyclic amines) is 2. The molecule has 0 aromatic heterocycles. The molecule has 0 radical (unpaired) electrons. The Kier molecular flexibility index (Phi) is 12.7. The van der Waals surface area contributed by atoms with Crippen molar-refractivity contribution in [3.05, 3.63) is 46.5 Å². The van der Waals surface area contributed by atoms with Gasteiger partial charge in [0, 0.05) is 13.1 Å². The molecule has 2 aromatic rings. The molecule has 6 fully saturated rings. The average molecular weight is 856 g/mol. The van der Waals surface area contributed by atoms with E-state index in [9.17, 15) is 59.7 Å². The van der Waals surface area contributed by atoms with Crippen LogP contribution < -0.4 is 88.5 Å². The number of aromatic carboxylic acids is 2. The van der Waals surface area contributed by atoms with E-state index in [1.54, 1.807) is 34.1 Å². The molecule has 6 heterocycles. The normalized spacial score (nSPS) is 30.8. The van der Waals surface area contributed by atoms with E-state index in [0.29, 0.717) is 76.1 Å². The van der Waals surface area contributed by atoms with Crippen LogP contribution in [0, 0.1) is 0 Å². The van der Waals surface area contributed by atoms with Gasteiger partial charge in [0.15, 0.2) is 0 Å². The van der Waals surface area contributed by atoms with Crippen molar-refractivity contribution in [2.24, 2.45) is 0 Å². The fourth-order valence-corrected chi connectivity index (χ4v) is 9.22. The Hall–Kier alpha value is -2.67. The van der Waals surface area contributed by atoms with Crippen LogP contribution in [0.4, 0.5) is 0 Å². The maximum absolute atomic E-state index is 12.4. The van der Waals surface area contributed by atoms with E-state index in [1.165, 1.54) is 0 Å². The quantitative estimate of drug-likeness (QED) is 0.110. The second-order valence-electron chi connectivity index (χ2n) is 16.8. The van der Waals surface area contributed by atoms with E-state index in [4.69, 9.17) is 18.8 Å². The van der Waals surface area contributed by atoms with Crippen molar-refractivity contribution in [3.8, 4) is 23.0 Å². The van der Waals surface area contributed by atoms with Gasteiger partial charge in [-0.2, -0.15) is 0 Å². The smallest absolute Gasteiger partial charge is 0.669 e. The Balaban J connectivity index is 0.000000176. The number of β-amino-alcohol motifs (C(OH)–C–C–N with tert-alkyl or cyclic N) is 2. The summed E-state index contributed by atoms with van der Waals surface area (Å²) in [6, 6.07) is 5.73. The van der Waals surface area contributed by atoms with Gasteiger partial charge >= 0.3 is 84.6 Å². The van der Waals surface area contributed by atoms with Crippen LogP contribution in [0.5, 0.6) is 23.0 Å². The summed E-state index contributed by atoms with van der Waals surface area (Å²) in [7, 11) is 0. The number of hydrogen-bond donors (Lipinski definition) is 10. The number of carbonyl (C=O) groups excluding carboxylic acids is 2. The molecule has 312 valence electrons. The second kappa shape index (κ2) is 16.8. The average Bonchev–Trinajstić information content (AvgIpc) is 4.03. The number of hydrogen-bond acceptors (Lipinski definition) is 16. The number of nitrogens with one attached hydrogen (secondary N) is 2. The maximum atomic E-state index is 12.4. The number of ether oxygens (including phenoxy) is 2. The molecule has 6 aliphatic heterocycles. The summed E-state index contributed by atoms with van der Waals surface area (Å²) in [5, 5.41) is 84.7. The maximum Gasteiger partial charge on any atom is 1.00 e. The van der Waals surface area contributed by atoms with Crippen LogP contribution in [0.1, 0.15) is 69.4 Å². The molecule has 8 atom stereocenters. The molecule has 2 amide bonds. The van der Waals surface area contributed by atoms with Gasteiger partial charge in [0.1, 0.15) is 34.8 Å². The topological polar surface area (TPSA) is 298 Å². The van der Waals surface area contributed by atoms with Gasteiger partial charge in [-0.1, -0.05) is 36.6 Å². The first kappa shape index (κ1) is 45.4. The van der Waals surface area contributed by atoms with Gasteiger partial charge in [0.25, 0.3) is 0 Å². The SMILES string of the molecule is O=C(O)c1c(OC2CN(C(=O)[C@@H]3C[C@@H](O)CN3)C2)ccc2c1O[B-](O)(O)[C@H]1C[C@@H]21.O=C(O)c1c(OC2CN(C(=O)[C@@H]3C[C@@H](O)CN3)C2)ccc2c1O[B-](O)(O)[C@H]1C[C@@H]21.[Na+].[Na+]. The monoisotopic (exact) mass is 856 g/mol. The third-order valence-corrected chi connectivity index (χ3v) is 12.6. The zero-order valence-electron chi connectivity index (χ0n) is 33.0. The van der Waals surface area contributed by atoms with E-state index in [2.05, 4.69) is 10.6 Å². The Labute approximate surface area is 387 Å². The van der Waals surface area contributed by atoms with Crippen molar-refractivity contribution in [1.29, 1.82) is 0 Å². The van der Waals surface area contributed by atoms with E-state index in [0.717, 1.165) is 0 Å². The van der Waals surface area contributed by atoms with Crippen molar-refractivity contribution < 1.29 is 138 Å². The van der Waals surface area contributed by atoms with E-state index in [-0.39, 0.29) is 129 Å². The summed E-state index contributed by atoms with van der Waals surface area (Å²) in [6.45, 7) is -4.17. The first-order chi connectivity index (χ1) is 27.5. The van der Waals surface area contributed by atoms with Crippen molar-refractivity contribution in [2.75, 3.05) is 39.3 Å². The molecule has 20 nitrogen and oxygen atoms in total. The van der Waals surface area contributed by atoms with Crippen LogP contribution in [-0.4, -0.2) is 163 Å². The molecule has 60 heavy (non-hydrogen) atoms. The van der Waals surface area contributed by atoms with Crippen LogP contribution in [-0.2, 0) is 9.59 Å². The summed E-state index contributed by atoms with van der Waals surface area (Å²) in [4.78, 5) is 51.7. The van der Waals surface area contributed by atoms with Gasteiger partial charge in [0.05, 0.1) is 62.0 Å². The van der Waals surface area contributed by atoms with E-state index < -0.39 is 61.4 Å². The Morgan fingerprint density at radius 1 is 0.617 bits per heavy atom.